The molecule has 0 spiro atoms. The summed E-state index contributed by atoms with van der Waals surface area (Å²) in [6, 6.07) is 0. The Hall–Kier alpha value is -2.74. The lowest BCUT2D eigenvalue weighted by Gasteiger charge is -2.45. The number of aliphatic hydroxyl groups is 1. The Labute approximate surface area is 203 Å². The molecule has 0 bridgehead atoms. The third-order valence-corrected chi connectivity index (χ3v) is 13.2. The molecule has 12 nitrogen and oxygen atoms in total. The maximum atomic E-state index is 12.6. The van der Waals surface area contributed by atoms with Gasteiger partial charge in [-0.3, -0.25) is 18.7 Å². The predicted octanol–water partition coefficient (Wildman–Crippen LogP) is 2.89. The van der Waals surface area contributed by atoms with Crippen molar-refractivity contribution in [3.05, 3.63) is 29.1 Å². The van der Waals surface area contributed by atoms with Crippen molar-refractivity contribution in [2.24, 2.45) is 0 Å². The Balaban J connectivity index is 1.91. The highest BCUT2D eigenvalue weighted by Gasteiger charge is 2.55. The van der Waals surface area contributed by atoms with Gasteiger partial charge in [0.25, 0.3) is 5.56 Å². The van der Waals surface area contributed by atoms with Crippen molar-refractivity contribution in [2.75, 3.05) is 6.61 Å². The standard InChI is InChI=1S/C22H33N5O7Si/c1-11(2)35(12(3)4,13(5)6)34-17-16(33-22(30)31)14(9-28)32-20(17)27-10-24-15-18(29)25-21-23-7-8-26(21)19(15)27/h7-8,10-14,16-17,20,28H,9H2,1-6H3,(H,30,31)(H,23,25,29)/t14-,16-,17-,20-/m1/s1. The molecule has 0 amide bonds. The van der Waals surface area contributed by atoms with Gasteiger partial charge in [0.15, 0.2) is 23.5 Å². The molecule has 0 saturated carbocycles. The second-order valence-electron chi connectivity index (χ2n) is 9.90. The first-order valence-corrected chi connectivity index (χ1v) is 13.9. The quantitative estimate of drug-likeness (QED) is 0.308. The van der Waals surface area contributed by atoms with Crippen LogP contribution in [0.2, 0.25) is 16.6 Å². The van der Waals surface area contributed by atoms with Crippen molar-refractivity contribution in [3.63, 3.8) is 0 Å². The third-order valence-electron chi connectivity index (χ3n) is 7.10. The number of fused-ring (bicyclic) bond motifs is 3. The smallest absolute Gasteiger partial charge is 0.450 e. The molecule has 4 atom stereocenters. The van der Waals surface area contributed by atoms with E-state index < -0.39 is 51.2 Å². The second-order valence-corrected chi connectivity index (χ2v) is 15.3. The van der Waals surface area contributed by atoms with Crippen molar-refractivity contribution in [1.82, 2.24) is 23.9 Å². The first kappa shape index (κ1) is 25.4. The van der Waals surface area contributed by atoms with E-state index in [2.05, 4.69) is 56.5 Å². The largest absolute Gasteiger partial charge is 0.506 e. The molecule has 0 aromatic carbocycles. The van der Waals surface area contributed by atoms with Crippen LogP contribution in [0, 0.1) is 0 Å². The number of imidazole rings is 2. The van der Waals surface area contributed by atoms with Crippen LogP contribution in [-0.4, -0.2) is 73.5 Å². The average molecular weight is 508 g/mol. The van der Waals surface area contributed by atoms with Gasteiger partial charge in [-0.15, -0.1) is 0 Å². The molecule has 1 fully saturated rings. The molecular formula is C22H33N5O7Si. The Morgan fingerprint density at radius 2 is 1.83 bits per heavy atom. The number of carboxylic acid groups (broad SMARTS) is 1. The molecule has 1 aliphatic heterocycles. The van der Waals surface area contributed by atoms with Crippen LogP contribution in [0.15, 0.2) is 23.5 Å². The Morgan fingerprint density at radius 1 is 1.17 bits per heavy atom. The molecule has 13 heteroatoms. The maximum Gasteiger partial charge on any atom is 0.506 e. The van der Waals surface area contributed by atoms with Gasteiger partial charge in [-0.2, -0.15) is 0 Å². The van der Waals surface area contributed by atoms with E-state index in [0.29, 0.717) is 11.4 Å². The minimum absolute atomic E-state index is 0.168. The molecular weight excluding hydrogens is 474 g/mol. The van der Waals surface area contributed by atoms with Crippen molar-refractivity contribution in [3.8, 4) is 0 Å². The number of aromatic amines is 1. The third kappa shape index (κ3) is 4.05. The molecule has 3 N–H and O–H groups in total. The number of nitrogens with zero attached hydrogens (tertiary/aromatic N) is 4. The maximum absolute atomic E-state index is 12.6. The van der Waals surface area contributed by atoms with Gasteiger partial charge in [0.1, 0.15) is 12.2 Å². The Bertz CT molecular complexity index is 1240. The van der Waals surface area contributed by atoms with Crippen LogP contribution in [0.5, 0.6) is 0 Å². The Morgan fingerprint density at radius 3 is 2.40 bits per heavy atom. The van der Waals surface area contributed by atoms with E-state index in [0.717, 1.165) is 0 Å². The molecule has 1 aliphatic rings. The van der Waals surface area contributed by atoms with Crippen molar-refractivity contribution < 1.29 is 28.9 Å². The Kier molecular flexibility index (Phi) is 6.79. The van der Waals surface area contributed by atoms with Gasteiger partial charge in [0.05, 0.1) is 12.9 Å². The summed E-state index contributed by atoms with van der Waals surface area (Å²) in [4.78, 5) is 35.4. The highest BCUT2D eigenvalue weighted by Crippen LogP contribution is 2.47. The van der Waals surface area contributed by atoms with Crippen LogP contribution in [0.4, 0.5) is 4.79 Å². The van der Waals surface area contributed by atoms with Gasteiger partial charge >= 0.3 is 6.16 Å². The highest BCUT2D eigenvalue weighted by atomic mass is 28.4. The zero-order valence-corrected chi connectivity index (χ0v) is 21.7. The van der Waals surface area contributed by atoms with E-state index in [1.165, 1.54) is 6.33 Å². The van der Waals surface area contributed by atoms with Gasteiger partial charge < -0.3 is 24.1 Å². The van der Waals surface area contributed by atoms with Crippen LogP contribution < -0.4 is 5.56 Å². The van der Waals surface area contributed by atoms with Crippen LogP contribution in [-0.2, 0) is 13.9 Å². The molecule has 4 rings (SSSR count). The summed E-state index contributed by atoms with van der Waals surface area (Å²) in [6.45, 7) is 12.2. The molecule has 3 aromatic heterocycles. The fraction of sp³-hybridized carbons (Fsp3) is 0.636. The van der Waals surface area contributed by atoms with Crippen LogP contribution in [0.25, 0.3) is 16.9 Å². The first-order valence-electron chi connectivity index (χ1n) is 11.8. The lowest BCUT2D eigenvalue weighted by molar-refractivity contribution is -0.0532. The van der Waals surface area contributed by atoms with Crippen molar-refractivity contribution in [1.29, 1.82) is 0 Å². The number of aliphatic hydroxyl groups excluding tert-OH is 1. The van der Waals surface area contributed by atoms with E-state index in [1.807, 2.05) is 0 Å². The van der Waals surface area contributed by atoms with Crippen molar-refractivity contribution >= 4 is 31.4 Å². The summed E-state index contributed by atoms with van der Waals surface area (Å²) in [5, 5.41) is 19.6. The van der Waals surface area contributed by atoms with E-state index in [4.69, 9.17) is 13.9 Å². The van der Waals surface area contributed by atoms with Gasteiger partial charge in [-0.1, -0.05) is 41.5 Å². The SMILES string of the molecule is CC(C)[Si](O[C@@H]1[C@H](OC(=O)O)[C@@H](CO)O[C@H]1n1cnc2c(=O)[nH]c3nccn3c21)(C(C)C)C(C)C. The molecule has 35 heavy (non-hydrogen) atoms. The molecule has 3 aromatic rings. The second kappa shape index (κ2) is 9.37. The van der Waals surface area contributed by atoms with E-state index in [-0.39, 0.29) is 22.1 Å². The number of rotatable bonds is 8. The normalized spacial score (nSPS) is 23.4. The van der Waals surface area contributed by atoms with E-state index in [1.54, 1.807) is 21.4 Å². The number of ether oxygens (including phenoxy) is 2. The summed E-state index contributed by atoms with van der Waals surface area (Å²) < 4.78 is 21.7. The lowest BCUT2D eigenvalue weighted by atomic mass is 10.1. The lowest BCUT2D eigenvalue weighted by Crippen LogP contribution is -2.54. The summed E-state index contributed by atoms with van der Waals surface area (Å²) >= 11 is 0. The summed E-state index contributed by atoms with van der Waals surface area (Å²) in [6.07, 6.45) is -0.620. The number of H-pyrrole nitrogens is 1. The number of carbonyl (C=O) groups is 1. The van der Waals surface area contributed by atoms with E-state index >= 15 is 0 Å². The minimum Gasteiger partial charge on any atom is -0.450 e. The highest BCUT2D eigenvalue weighted by molar-refractivity contribution is 6.77. The summed E-state index contributed by atoms with van der Waals surface area (Å²) in [5.74, 6) is 0.326. The molecule has 0 aliphatic carbocycles. The number of aromatic nitrogens is 5. The summed E-state index contributed by atoms with van der Waals surface area (Å²) in [5.41, 5.74) is 0.762. The molecule has 4 heterocycles. The van der Waals surface area contributed by atoms with Gasteiger partial charge in [0, 0.05) is 12.4 Å². The monoisotopic (exact) mass is 507 g/mol. The minimum atomic E-state index is -2.56. The fourth-order valence-electron chi connectivity index (χ4n) is 5.77. The fourth-order valence-corrected chi connectivity index (χ4v) is 11.3. The van der Waals surface area contributed by atoms with Crippen LogP contribution in [0.3, 0.4) is 0 Å². The molecule has 0 radical (unpaired) electrons. The topological polar surface area (TPSA) is 153 Å². The van der Waals surface area contributed by atoms with Gasteiger partial charge in [-0.05, 0) is 16.6 Å². The first-order chi connectivity index (χ1) is 16.5. The molecule has 192 valence electrons. The zero-order valence-electron chi connectivity index (χ0n) is 20.7. The van der Waals surface area contributed by atoms with Crippen LogP contribution in [0.1, 0.15) is 47.8 Å². The average Bonchev–Trinajstić information content (AvgIpc) is 3.47. The predicted molar refractivity (Wildman–Crippen MR) is 129 cm³/mol. The van der Waals surface area contributed by atoms with E-state index in [9.17, 15) is 19.8 Å². The zero-order chi connectivity index (χ0) is 25.7. The van der Waals surface area contributed by atoms with Crippen LogP contribution >= 0.6 is 0 Å². The molecule has 0 unspecified atom stereocenters. The van der Waals surface area contributed by atoms with Gasteiger partial charge in [-0.25, -0.2) is 14.8 Å². The number of nitrogens with one attached hydrogen (secondary N) is 1. The number of hydrogen-bond acceptors (Lipinski definition) is 8. The summed E-state index contributed by atoms with van der Waals surface area (Å²) in [7, 11) is -2.56. The van der Waals surface area contributed by atoms with Gasteiger partial charge in [0.2, 0.25) is 14.1 Å². The number of hydrogen-bond donors (Lipinski definition) is 3. The van der Waals surface area contributed by atoms with Crippen molar-refractivity contribution in [2.45, 2.75) is 82.7 Å². The molecule has 1 saturated heterocycles.